The number of ketones is 1. The molecular formula is C21H28N4O4S2. The Kier molecular flexibility index (Phi) is 8.33. The second kappa shape index (κ2) is 10.3. The number of carbonyl (C=O) groups is 3. The molecule has 3 heterocycles. The molecule has 3 atom stereocenters. The van der Waals surface area contributed by atoms with Crippen molar-refractivity contribution in [2.24, 2.45) is 5.92 Å². The van der Waals surface area contributed by atoms with E-state index in [1.54, 1.807) is 37.7 Å². The van der Waals surface area contributed by atoms with E-state index in [1.807, 2.05) is 19.9 Å². The molecule has 0 radical (unpaired) electrons. The molecule has 0 bridgehead atoms. The summed E-state index contributed by atoms with van der Waals surface area (Å²) in [5.41, 5.74) is -0.0505. The number of amides is 2. The fraction of sp³-hybridized carbons (Fsp3) is 0.476. The lowest BCUT2D eigenvalue weighted by Gasteiger charge is -2.30. The van der Waals surface area contributed by atoms with Crippen LogP contribution >= 0.6 is 24.8 Å². The number of thiazole rings is 1. The summed E-state index contributed by atoms with van der Waals surface area (Å²) in [5, 5.41) is 7.90. The number of Topliss-reactive ketones (excluding diaryl/α,β-unsaturated/α-hetero) is 1. The van der Waals surface area contributed by atoms with Gasteiger partial charge < -0.3 is 15.4 Å². The van der Waals surface area contributed by atoms with Gasteiger partial charge in [-0.15, -0.1) is 11.3 Å². The quantitative estimate of drug-likeness (QED) is 0.651. The second-order valence-electron chi connectivity index (χ2n) is 8.00. The Morgan fingerprint density at radius 1 is 1.39 bits per heavy atom. The van der Waals surface area contributed by atoms with E-state index < -0.39 is 29.5 Å². The minimum absolute atomic E-state index is 0. The average molecular weight is 465 g/mol. The maximum atomic E-state index is 13.0. The Morgan fingerprint density at radius 2 is 2.13 bits per heavy atom. The molecule has 2 amide bonds. The monoisotopic (exact) mass is 464 g/mol. The largest absolute Gasteiger partial charge is 0.368 e. The molecule has 1 fully saturated rings. The molecule has 0 saturated carbocycles. The van der Waals surface area contributed by atoms with Gasteiger partial charge in [0.25, 0.3) is 5.91 Å². The number of ether oxygens (including phenoxy) is 1. The number of rotatable bonds is 7. The number of aromatic nitrogens is 2. The van der Waals surface area contributed by atoms with Crippen LogP contribution in [0.15, 0.2) is 29.9 Å². The zero-order valence-electron chi connectivity index (χ0n) is 18.0. The first-order chi connectivity index (χ1) is 14.2. The van der Waals surface area contributed by atoms with Gasteiger partial charge in [0.15, 0.2) is 5.78 Å². The number of carbonyl (C=O) groups excluding carboxylic acids is 3. The van der Waals surface area contributed by atoms with Crippen LogP contribution < -0.4 is 10.6 Å². The lowest BCUT2D eigenvalue weighted by Crippen LogP contribution is -2.60. The van der Waals surface area contributed by atoms with Crippen LogP contribution in [0.25, 0.3) is 10.6 Å². The van der Waals surface area contributed by atoms with Crippen LogP contribution in [0.3, 0.4) is 0 Å². The van der Waals surface area contributed by atoms with Crippen LogP contribution in [0.2, 0.25) is 0 Å². The molecule has 0 aliphatic carbocycles. The molecule has 2 aromatic rings. The van der Waals surface area contributed by atoms with E-state index in [0.29, 0.717) is 11.4 Å². The molecule has 0 spiro atoms. The van der Waals surface area contributed by atoms with E-state index in [4.69, 9.17) is 4.74 Å². The van der Waals surface area contributed by atoms with Crippen LogP contribution in [-0.4, -0.2) is 51.9 Å². The minimum Gasteiger partial charge on any atom is -0.368 e. The van der Waals surface area contributed by atoms with Gasteiger partial charge in [0.05, 0.1) is 6.10 Å². The summed E-state index contributed by atoms with van der Waals surface area (Å²) in [6.45, 7) is 7.29. The van der Waals surface area contributed by atoms with Crippen molar-refractivity contribution in [2.45, 2.75) is 51.8 Å². The normalized spacial score (nSPS) is 21.5. The SMILES string of the molecule is CC(C)C[C@H](NC(=O)c1csc(-c2cccnc2)n1)C(=O)N[C@@]1(C)C(=O)CO[C@@H]1C.S. The summed E-state index contributed by atoms with van der Waals surface area (Å²) >= 11 is 1.33. The van der Waals surface area contributed by atoms with Gasteiger partial charge in [-0.2, -0.15) is 13.5 Å². The van der Waals surface area contributed by atoms with Crippen LogP contribution in [-0.2, 0) is 14.3 Å². The highest BCUT2D eigenvalue weighted by Crippen LogP contribution is 2.24. The first-order valence-electron chi connectivity index (χ1n) is 9.84. The van der Waals surface area contributed by atoms with E-state index in [1.165, 1.54) is 11.3 Å². The first kappa shape index (κ1) is 25.0. The second-order valence-corrected chi connectivity index (χ2v) is 8.86. The number of pyridine rings is 1. The van der Waals surface area contributed by atoms with Crippen molar-refractivity contribution in [3.63, 3.8) is 0 Å². The smallest absolute Gasteiger partial charge is 0.271 e. The Hall–Kier alpha value is -2.30. The van der Waals surface area contributed by atoms with Gasteiger partial charge in [-0.3, -0.25) is 19.4 Å². The third-order valence-electron chi connectivity index (χ3n) is 5.21. The van der Waals surface area contributed by atoms with Crippen LogP contribution in [0.5, 0.6) is 0 Å². The molecule has 0 aromatic carbocycles. The predicted octanol–water partition coefficient (Wildman–Crippen LogP) is 2.33. The maximum absolute atomic E-state index is 13.0. The highest BCUT2D eigenvalue weighted by atomic mass is 32.1. The molecule has 1 saturated heterocycles. The highest BCUT2D eigenvalue weighted by molar-refractivity contribution is 7.59. The van der Waals surface area contributed by atoms with Crippen molar-refractivity contribution in [3.05, 3.63) is 35.6 Å². The summed E-state index contributed by atoms with van der Waals surface area (Å²) in [5.74, 6) is -0.871. The minimum atomic E-state index is -1.11. The summed E-state index contributed by atoms with van der Waals surface area (Å²) < 4.78 is 5.37. The summed E-state index contributed by atoms with van der Waals surface area (Å²) in [6.07, 6.45) is 3.33. The standard InChI is InChI=1S/C21H26N4O4S.H2S/c1-12(2)8-15(19(28)25-21(4)13(3)29-10-17(21)26)23-18(27)16-11-30-20(24-16)14-6-5-7-22-9-14;/h5-7,9,11-13,15H,8,10H2,1-4H3,(H,23,27)(H,25,28);1H2/t13-,15+,21-;/m1./s1. The van der Waals surface area contributed by atoms with Gasteiger partial charge in [0, 0.05) is 23.3 Å². The highest BCUT2D eigenvalue weighted by Gasteiger charge is 2.47. The van der Waals surface area contributed by atoms with Crippen molar-refractivity contribution >= 4 is 42.4 Å². The molecule has 31 heavy (non-hydrogen) atoms. The first-order valence-corrected chi connectivity index (χ1v) is 10.7. The molecule has 3 rings (SSSR count). The van der Waals surface area contributed by atoms with E-state index >= 15 is 0 Å². The van der Waals surface area contributed by atoms with Gasteiger partial charge in [-0.25, -0.2) is 4.98 Å². The maximum Gasteiger partial charge on any atom is 0.271 e. The molecular weight excluding hydrogens is 436 g/mol. The summed E-state index contributed by atoms with van der Waals surface area (Å²) in [4.78, 5) is 46.4. The van der Waals surface area contributed by atoms with Crippen molar-refractivity contribution < 1.29 is 19.1 Å². The molecule has 1 aliphatic heterocycles. The van der Waals surface area contributed by atoms with Crippen LogP contribution in [0.4, 0.5) is 0 Å². The van der Waals surface area contributed by atoms with E-state index in [9.17, 15) is 14.4 Å². The molecule has 1 aliphatic rings. The van der Waals surface area contributed by atoms with Crippen molar-refractivity contribution in [3.8, 4) is 10.6 Å². The Labute approximate surface area is 192 Å². The van der Waals surface area contributed by atoms with Crippen molar-refractivity contribution in [1.29, 1.82) is 0 Å². The third-order valence-corrected chi connectivity index (χ3v) is 6.11. The fourth-order valence-corrected chi connectivity index (χ4v) is 3.98. The van der Waals surface area contributed by atoms with Gasteiger partial charge in [0.1, 0.15) is 28.9 Å². The van der Waals surface area contributed by atoms with E-state index in [0.717, 1.165) is 5.56 Å². The summed E-state index contributed by atoms with van der Waals surface area (Å²) in [6, 6.07) is 2.87. The Morgan fingerprint density at radius 3 is 2.71 bits per heavy atom. The van der Waals surface area contributed by atoms with Gasteiger partial charge in [0.2, 0.25) is 5.91 Å². The zero-order chi connectivity index (χ0) is 21.9. The summed E-state index contributed by atoms with van der Waals surface area (Å²) in [7, 11) is 0. The molecule has 2 N–H and O–H groups in total. The molecule has 0 unspecified atom stereocenters. The zero-order valence-corrected chi connectivity index (χ0v) is 19.8. The number of hydrogen-bond donors (Lipinski definition) is 2. The van der Waals surface area contributed by atoms with E-state index in [-0.39, 0.29) is 37.5 Å². The Balaban J connectivity index is 0.00000341. The molecule has 8 nitrogen and oxygen atoms in total. The van der Waals surface area contributed by atoms with Crippen LogP contribution in [0, 0.1) is 5.92 Å². The van der Waals surface area contributed by atoms with Gasteiger partial charge >= 0.3 is 0 Å². The fourth-order valence-electron chi connectivity index (χ4n) is 3.19. The predicted molar refractivity (Wildman–Crippen MR) is 123 cm³/mol. The molecule has 10 heteroatoms. The lowest BCUT2D eigenvalue weighted by atomic mass is 9.92. The van der Waals surface area contributed by atoms with Crippen molar-refractivity contribution in [2.75, 3.05) is 6.61 Å². The van der Waals surface area contributed by atoms with Gasteiger partial charge in [-0.1, -0.05) is 13.8 Å². The molecule has 168 valence electrons. The van der Waals surface area contributed by atoms with E-state index in [2.05, 4.69) is 20.6 Å². The lowest BCUT2D eigenvalue weighted by molar-refractivity contribution is -0.130. The number of hydrogen-bond acceptors (Lipinski definition) is 7. The van der Waals surface area contributed by atoms with Crippen LogP contribution in [0.1, 0.15) is 44.6 Å². The van der Waals surface area contributed by atoms with Gasteiger partial charge in [-0.05, 0) is 38.3 Å². The topological polar surface area (TPSA) is 110 Å². The molecule has 2 aromatic heterocycles. The average Bonchev–Trinajstić information content (AvgIpc) is 3.29. The van der Waals surface area contributed by atoms with Crippen molar-refractivity contribution in [1.82, 2.24) is 20.6 Å². The number of nitrogens with one attached hydrogen (secondary N) is 2. The Bertz CT molecular complexity index is 934. The number of nitrogens with zero attached hydrogens (tertiary/aromatic N) is 2. The third kappa shape index (κ3) is 5.69.